The van der Waals surface area contributed by atoms with Gasteiger partial charge in [-0.05, 0) is 60.8 Å². The van der Waals surface area contributed by atoms with E-state index in [-0.39, 0.29) is 236 Å². The first kappa shape index (κ1) is 93.6. The smallest absolute Gasteiger partial charge is 0.220 e. The number of fused-ring (bicyclic) bond motifs is 3. The van der Waals surface area contributed by atoms with Gasteiger partial charge in [0, 0.05) is 68.4 Å². The molecule has 2 aromatic rings. The molecule has 0 saturated carbocycles. The van der Waals surface area contributed by atoms with E-state index in [1.165, 1.54) is 0 Å². The molecule has 12 unspecified atom stereocenters. The molecular formula is C69H122B2N2O30. The molecule has 0 heterocycles. The van der Waals surface area contributed by atoms with E-state index in [2.05, 4.69) is 22.8 Å². The zero-order valence-electron chi connectivity index (χ0n) is 60.2. The molecule has 0 aliphatic heterocycles. The predicted molar refractivity (Wildman–Crippen MR) is 378 cm³/mol. The average Bonchev–Trinajstić information content (AvgIpc) is 1.57. The van der Waals surface area contributed by atoms with Gasteiger partial charge < -0.3 is 149 Å². The van der Waals surface area contributed by atoms with Crippen LogP contribution in [0.1, 0.15) is 62.5 Å². The number of rotatable bonds is 68. The van der Waals surface area contributed by atoms with Crippen molar-refractivity contribution in [3.8, 4) is 11.1 Å². The molecule has 32 nitrogen and oxygen atoms in total. The van der Waals surface area contributed by atoms with Crippen LogP contribution in [-0.2, 0) is 71.8 Å². The Bertz CT molecular complexity index is 2220. The van der Waals surface area contributed by atoms with Crippen LogP contribution in [0, 0.1) is 23.7 Å². The van der Waals surface area contributed by atoms with Gasteiger partial charge in [-0.1, -0.05) is 47.3 Å². The van der Waals surface area contributed by atoms with Gasteiger partial charge in [0.1, 0.15) is 40.1 Å². The lowest BCUT2D eigenvalue weighted by Crippen LogP contribution is -2.44. The highest BCUT2D eigenvalue weighted by atomic mass is 16.5. The lowest BCUT2D eigenvalue weighted by atomic mass is 9.69. The maximum absolute atomic E-state index is 14.8. The first-order valence-electron chi connectivity index (χ1n) is 35.7. The Labute approximate surface area is 606 Å². The van der Waals surface area contributed by atoms with Gasteiger partial charge >= 0.3 is 0 Å². The van der Waals surface area contributed by atoms with E-state index in [4.69, 9.17) is 56.8 Å². The maximum atomic E-state index is 14.8. The minimum atomic E-state index is -1.15. The number of benzene rings is 2. The predicted octanol–water partition coefficient (Wildman–Crippen LogP) is -7.95. The molecule has 2 aromatic carbocycles. The van der Waals surface area contributed by atoms with E-state index in [9.17, 15) is 91.3 Å². The monoisotopic (exact) mass is 1480 g/mol. The molecule has 0 aromatic heterocycles. The fourth-order valence-corrected chi connectivity index (χ4v) is 11.1. The molecule has 594 valence electrons. The van der Waals surface area contributed by atoms with Gasteiger partial charge in [-0.25, -0.2) is 0 Å². The van der Waals surface area contributed by atoms with Crippen LogP contribution in [0.25, 0.3) is 11.1 Å². The number of carbonyl (C=O) groups is 2. The van der Waals surface area contributed by atoms with Crippen molar-refractivity contribution in [1.29, 1.82) is 0 Å². The van der Waals surface area contributed by atoms with Crippen LogP contribution in [0.4, 0.5) is 0 Å². The Balaban J connectivity index is 2.02. The molecule has 2 amide bonds. The second-order valence-electron chi connectivity index (χ2n) is 26.6. The Morgan fingerprint density at radius 3 is 0.748 bits per heavy atom. The Morgan fingerprint density at radius 2 is 0.534 bits per heavy atom. The fourth-order valence-electron chi connectivity index (χ4n) is 11.1. The second-order valence-corrected chi connectivity index (χ2v) is 26.6. The molecule has 12 atom stereocenters. The number of aliphatic hydroxyl groups excluding tert-OH is 16. The zero-order valence-corrected chi connectivity index (χ0v) is 60.2. The van der Waals surface area contributed by atoms with E-state index in [0.29, 0.717) is 0 Å². The van der Waals surface area contributed by atoms with Gasteiger partial charge in [-0.2, -0.15) is 0 Å². The molecule has 0 saturated heterocycles. The third kappa shape index (κ3) is 40.4. The summed E-state index contributed by atoms with van der Waals surface area (Å²) >= 11 is 0. The van der Waals surface area contributed by atoms with Crippen molar-refractivity contribution in [2.45, 2.75) is 118 Å². The number of aliphatic hydroxyl groups is 16. The van der Waals surface area contributed by atoms with Crippen molar-refractivity contribution in [3.63, 3.8) is 0 Å². The quantitative estimate of drug-likeness (QED) is 0.0274. The van der Waals surface area contributed by atoms with Crippen molar-refractivity contribution < 1.29 is 148 Å². The average molecular weight is 1480 g/mol. The minimum absolute atomic E-state index is 0.00497. The molecular weight excluding hydrogens is 1360 g/mol. The minimum Gasteiger partial charge on any atom is -0.396 e. The summed E-state index contributed by atoms with van der Waals surface area (Å²) in [7, 11) is 3.92. The van der Waals surface area contributed by atoms with Gasteiger partial charge in [0.2, 0.25) is 11.8 Å². The Hall–Kier alpha value is -3.61. The molecule has 103 heavy (non-hydrogen) atoms. The van der Waals surface area contributed by atoms with Gasteiger partial charge in [0.15, 0.2) is 0 Å². The summed E-state index contributed by atoms with van der Waals surface area (Å²) in [6, 6.07) is 10.6. The summed E-state index contributed by atoms with van der Waals surface area (Å²) in [6.45, 7) is -4.74. The zero-order chi connectivity index (χ0) is 75.6. The van der Waals surface area contributed by atoms with Crippen LogP contribution in [-0.4, -0.2) is 382 Å². The molecule has 1 aliphatic rings. The van der Waals surface area contributed by atoms with Crippen LogP contribution in [0.2, 0.25) is 0 Å². The number of hydrogen-bond donors (Lipinski definition) is 18. The van der Waals surface area contributed by atoms with E-state index < -0.39 is 128 Å². The van der Waals surface area contributed by atoms with Crippen LogP contribution in [0.5, 0.6) is 0 Å². The Kier molecular flexibility index (Phi) is 51.4. The largest absolute Gasteiger partial charge is 0.396 e. The van der Waals surface area contributed by atoms with Gasteiger partial charge in [-0.15, -0.1) is 0 Å². The fraction of sp³-hybridized carbons (Fsp3) is 0.797. The highest BCUT2D eigenvalue weighted by Crippen LogP contribution is 2.53. The van der Waals surface area contributed by atoms with E-state index in [1.807, 2.05) is 40.0 Å². The lowest BCUT2D eigenvalue weighted by molar-refractivity contribution is -0.123. The van der Waals surface area contributed by atoms with Crippen LogP contribution >= 0.6 is 0 Å². The van der Waals surface area contributed by atoms with Crippen molar-refractivity contribution in [2.24, 2.45) is 23.7 Å². The molecule has 0 radical (unpaired) electrons. The van der Waals surface area contributed by atoms with Crippen molar-refractivity contribution in [1.82, 2.24) is 10.6 Å². The highest BCUT2D eigenvalue weighted by Gasteiger charge is 2.44. The third-order valence-corrected chi connectivity index (χ3v) is 16.7. The molecule has 34 heteroatoms. The second kappa shape index (κ2) is 56.6. The number of ether oxygens (including phenoxy) is 12. The van der Waals surface area contributed by atoms with E-state index in [0.717, 1.165) is 33.2 Å². The van der Waals surface area contributed by atoms with Crippen LogP contribution in [0.15, 0.2) is 36.4 Å². The number of amides is 2. The van der Waals surface area contributed by atoms with E-state index >= 15 is 0 Å². The summed E-state index contributed by atoms with van der Waals surface area (Å²) in [5.74, 6) is -2.74. The summed E-state index contributed by atoms with van der Waals surface area (Å²) in [6.07, 6.45) is -7.77. The molecule has 0 bridgehead atoms. The first-order chi connectivity index (χ1) is 49.6. The van der Waals surface area contributed by atoms with Gasteiger partial charge in [0.05, 0.1) is 221 Å². The topological polar surface area (TPSA) is 493 Å². The summed E-state index contributed by atoms with van der Waals surface area (Å²) in [5.41, 5.74) is 4.62. The number of carbonyl (C=O) groups excluding carboxylic acids is 2. The normalized spacial score (nSPS) is 16.9. The molecule has 3 rings (SSSR count). The third-order valence-electron chi connectivity index (χ3n) is 16.7. The molecule has 0 spiro atoms. The number of nitrogens with one attached hydrogen (secondary N) is 2. The van der Waals surface area contributed by atoms with Crippen LogP contribution < -0.4 is 21.6 Å². The molecule has 0 fully saturated rings. The standard InChI is InChI=1S/C69H122B2N2O30/c70-51-1-3-63-64-4-2-52(71)18-66(64)69(65(63)17-51,11-5-67(90)72-53(35-92-23-47(31-100-43-59(86)19-78)27-96-39-55(82)7-13-74)36-93-24-48(32-101-44-60(87)20-79)28-97-40-56(83)8-14-75)12-6-68(91)73-54(37-94-25-49(33-102-45-61(88)21-80)29-98-41-57(84)9-15-76)38-95-26-50(34-103-46-62(89)22-81)30-99-42-58(85)10-16-77/h1-4,17-18,47-50,53-62,74-89H,5-16,19-46,70-71H2,(H,72,90)(H,73,91). The van der Waals surface area contributed by atoms with Crippen molar-refractivity contribution >= 4 is 38.4 Å². The lowest BCUT2D eigenvalue weighted by Gasteiger charge is -2.33. The highest BCUT2D eigenvalue weighted by molar-refractivity contribution is 6.33. The first-order valence-corrected chi connectivity index (χ1v) is 35.7. The van der Waals surface area contributed by atoms with Gasteiger partial charge in [0.25, 0.3) is 0 Å². The van der Waals surface area contributed by atoms with Gasteiger partial charge in [-0.3, -0.25) is 9.59 Å². The SMILES string of the molecule is Bc1ccc2c(c1)C(CCC(=O)NC(COCC(COCC(O)CO)COCC(O)CCO)COCC(COCC(O)CO)COCC(O)CCO)(CCC(=O)NC(COCC(COCC(O)CO)COCC(O)CCO)COCC(COCC(O)CO)COCC(O)CCO)c1cc(B)ccc1-2. The Morgan fingerprint density at radius 1 is 0.320 bits per heavy atom. The summed E-state index contributed by atoms with van der Waals surface area (Å²) in [5, 5.41) is 162. The van der Waals surface area contributed by atoms with Crippen LogP contribution in [0.3, 0.4) is 0 Å². The molecule has 18 N–H and O–H groups in total. The summed E-state index contributed by atoms with van der Waals surface area (Å²) < 4.78 is 70.7. The van der Waals surface area contributed by atoms with E-state index in [1.54, 1.807) is 0 Å². The van der Waals surface area contributed by atoms with Crippen molar-refractivity contribution in [3.05, 3.63) is 47.5 Å². The summed E-state index contributed by atoms with van der Waals surface area (Å²) in [4.78, 5) is 29.6. The van der Waals surface area contributed by atoms with Crippen molar-refractivity contribution in [2.75, 3.05) is 211 Å². The number of hydrogen-bond acceptors (Lipinski definition) is 30. The maximum Gasteiger partial charge on any atom is 0.220 e. The molecule has 1 aliphatic carbocycles.